The highest BCUT2D eigenvalue weighted by atomic mass is 32.2. The van der Waals surface area contributed by atoms with Crippen LogP contribution in [0.3, 0.4) is 0 Å². The van der Waals surface area contributed by atoms with Crippen LogP contribution in [0, 0.1) is 23.2 Å². The van der Waals surface area contributed by atoms with Gasteiger partial charge < -0.3 is 0 Å². The first-order valence-corrected chi connectivity index (χ1v) is 12.5. The van der Waals surface area contributed by atoms with E-state index >= 15 is 0 Å². The second kappa shape index (κ2) is 5.34. The third-order valence-electron chi connectivity index (χ3n) is 8.54. The summed E-state index contributed by atoms with van der Waals surface area (Å²) < 4.78 is 64.8. The lowest BCUT2D eigenvalue weighted by molar-refractivity contribution is -0.0689. The average Bonchev–Trinajstić information content (AvgIpc) is 3.11. The minimum atomic E-state index is -4.48. The molecule has 1 aromatic rings. The molecule has 5 atom stereocenters. The zero-order valence-corrected chi connectivity index (χ0v) is 17.9. The Kier molecular flexibility index (Phi) is 3.44. The van der Waals surface area contributed by atoms with Gasteiger partial charge in [0.2, 0.25) is 0 Å². The second-order valence-corrected chi connectivity index (χ2v) is 12.6. The molecule has 2 aliphatic heterocycles. The van der Waals surface area contributed by atoms with E-state index in [4.69, 9.17) is 0 Å². The molecule has 7 rings (SSSR count). The summed E-state index contributed by atoms with van der Waals surface area (Å²) in [5.74, 6) is 2.17. The highest BCUT2D eigenvalue weighted by Gasteiger charge is 2.93. The molecule has 1 unspecified atom stereocenters. The van der Waals surface area contributed by atoms with Crippen LogP contribution in [0.1, 0.15) is 44.1 Å². The summed E-state index contributed by atoms with van der Waals surface area (Å²) >= 11 is 0. The van der Waals surface area contributed by atoms with Crippen molar-refractivity contribution in [2.24, 2.45) is 23.2 Å². The first kappa shape index (κ1) is 19.3. The molecule has 2 saturated heterocycles. The Hall–Kier alpha value is -1.35. The predicted molar refractivity (Wildman–Crippen MR) is 106 cm³/mol. The SMILES string of the molecule is C=C(c1cc([C@]23C4[C@@H](N5CCC6(C5)CS(=O)(=O)C6)C[C@@H]2[C@H]43)n(C(C)C)n1)C(F)(F)F. The van der Waals surface area contributed by atoms with Crippen molar-refractivity contribution in [3.63, 3.8) is 0 Å². The number of likely N-dealkylation sites (tertiary alicyclic amines) is 1. The average molecular weight is 442 g/mol. The van der Waals surface area contributed by atoms with Gasteiger partial charge in [-0.05, 0) is 57.1 Å². The van der Waals surface area contributed by atoms with Crippen LogP contribution in [0.2, 0.25) is 0 Å². The van der Waals surface area contributed by atoms with Crippen molar-refractivity contribution < 1.29 is 21.6 Å². The van der Waals surface area contributed by atoms with Gasteiger partial charge in [0.1, 0.15) is 0 Å². The molecule has 0 N–H and O–H groups in total. The smallest absolute Gasteiger partial charge is 0.299 e. The summed E-state index contributed by atoms with van der Waals surface area (Å²) in [4.78, 5) is 2.48. The Labute approximate surface area is 174 Å². The van der Waals surface area contributed by atoms with Gasteiger partial charge in [-0.25, -0.2) is 8.42 Å². The molecule has 4 saturated carbocycles. The summed E-state index contributed by atoms with van der Waals surface area (Å²) in [6.07, 6.45) is -2.47. The second-order valence-electron chi connectivity index (χ2n) is 10.6. The van der Waals surface area contributed by atoms with E-state index in [0.717, 1.165) is 31.6 Å². The largest absolute Gasteiger partial charge is 0.417 e. The van der Waals surface area contributed by atoms with Crippen molar-refractivity contribution in [3.05, 3.63) is 24.0 Å². The molecule has 164 valence electrons. The van der Waals surface area contributed by atoms with Gasteiger partial charge in [0, 0.05) is 35.2 Å². The van der Waals surface area contributed by atoms with Gasteiger partial charge in [-0.15, -0.1) is 0 Å². The number of allylic oxidation sites excluding steroid dienone is 1. The number of aromatic nitrogens is 2. The van der Waals surface area contributed by atoms with Crippen molar-refractivity contribution >= 4 is 15.4 Å². The Morgan fingerprint density at radius 2 is 2.00 bits per heavy atom. The van der Waals surface area contributed by atoms with Gasteiger partial charge in [-0.1, -0.05) is 6.58 Å². The molecular formula is C21H26F3N3O2S. The van der Waals surface area contributed by atoms with Crippen LogP contribution in [0.25, 0.3) is 5.57 Å². The number of rotatable bonds is 4. The third-order valence-corrected chi connectivity index (χ3v) is 10.6. The molecule has 30 heavy (non-hydrogen) atoms. The van der Waals surface area contributed by atoms with Crippen LogP contribution in [0.4, 0.5) is 13.2 Å². The first-order valence-electron chi connectivity index (χ1n) is 10.7. The zero-order chi connectivity index (χ0) is 21.4. The van der Waals surface area contributed by atoms with Crippen molar-refractivity contribution in [3.8, 4) is 0 Å². The maximum atomic E-state index is 13.2. The fourth-order valence-electron chi connectivity index (χ4n) is 7.35. The number of nitrogens with zero attached hydrogens (tertiary/aromatic N) is 3. The number of fused-ring (bicyclic) bond motifs is 1. The van der Waals surface area contributed by atoms with Crippen molar-refractivity contribution in [1.29, 1.82) is 0 Å². The number of hydrogen-bond acceptors (Lipinski definition) is 4. The van der Waals surface area contributed by atoms with E-state index in [1.165, 1.54) is 0 Å². The minimum absolute atomic E-state index is 0.0147. The molecule has 1 spiro atoms. The summed E-state index contributed by atoms with van der Waals surface area (Å²) in [5, 5.41) is 4.31. The third kappa shape index (κ3) is 2.28. The topological polar surface area (TPSA) is 55.2 Å². The Balaban J connectivity index is 1.25. The molecule has 4 aliphatic carbocycles. The number of hydrogen-bond donors (Lipinski definition) is 0. The molecule has 5 nitrogen and oxygen atoms in total. The molecule has 1 aromatic heterocycles. The highest BCUT2D eigenvalue weighted by molar-refractivity contribution is 7.92. The fourth-order valence-corrected chi connectivity index (χ4v) is 9.60. The van der Waals surface area contributed by atoms with Crippen LogP contribution < -0.4 is 0 Å². The van der Waals surface area contributed by atoms with E-state index in [9.17, 15) is 21.6 Å². The van der Waals surface area contributed by atoms with Gasteiger partial charge in [-0.3, -0.25) is 9.58 Å². The lowest BCUT2D eigenvalue weighted by Gasteiger charge is -2.38. The quantitative estimate of drug-likeness (QED) is 0.721. The number of alkyl halides is 3. The van der Waals surface area contributed by atoms with Gasteiger partial charge in [0.25, 0.3) is 0 Å². The maximum absolute atomic E-state index is 13.2. The lowest BCUT2D eigenvalue weighted by Crippen LogP contribution is -2.50. The monoisotopic (exact) mass is 441 g/mol. The van der Waals surface area contributed by atoms with E-state index in [1.54, 1.807) is 10.7 Å². The van der Waals surface area contributed by atoms with Gasteiger partial charge in [0.15, 0.2) is 9.84 Å². The summed E-state index contributed by atoms with van der Waals surface area (Å²) in [7, 11) is -2.84. The van der Waals surface area contributed by atoms with E-state index < -0.39 is 21.6 Å². The predicted octanol–water partition coefficient (Wildman–Crippen LogP) is 3.05. The summed E-state index contributed by atoms with van der Waals surface area (Å²) in [6, 6.07) is 2.04. The molecule has 6 aliphatic rings. The fraction of sp³-hybridized carbons (Fsp3) is 0.762. The molecule has 3 heterocycles. The molecule has 2 bridgehead atoms. The van der Waals surface area contributed by atoms with Crippen LogP contribution >= 0.6 is 0 Å². The normalized spacial score (nSPS) is 39.9. The van der Waals surface area contributed by atoms with Crippen LogP contribution in [0.15, 0.2) is 12.6 Å². The van der Waals surface area contributed by atoms with Gasteiger partial charge >= 0.3 is 6.18 Å². The minimum Gasteiger partial charge on any atom is -0.299 e. The first-order chi connectivity index (χ1) is 13.9. The van der Waals surface area contributed by atoms with Crippen LogP contribution in [-0.2, 0) is 15.3 Å². The van der Waals surface area contributed by atoms with Crippen molar-refractivity contribution in [1.82, 2.24) is 14.7 Å². The zero-order valence-electron chi connectivity index (χ0n) is 17.1. The van der Waals surface area contributed by atoms with E-state index in [0.29, 0.717) is 35.3 Å². The summed E-state index contributed by atoms with van der Waals surface area (Å²) in [5.41, 5.74) is -0.0672. The molecule has 6 fully saturated rings. The summed E-state index contributed by atoms with van der Waals surface area (Å²) in [6.45, 7) is 8.93. The molecule has 0 radical (unpaired) electrons. The molecule has 0 amide bonds. The molecular weight excluding hydrogens is 415 g/mol. The highest BCUT2D eigenvalue weighted by Crippen LogP contribution is 2.91. The Morgan fingerprint density at radius 3 is 2.57 bits per heavy atom. The van der Waals surface area contributed by atoms with E-state index in [2.05, 4.69) is 16.6 Å². The maximum Gasteiger partial charge on any atom is 0.417 e. The molecule has 9 heteroatoms. The van der Waals surface area contributed by atoms with E-state index in [1.807, 2.05) is 13.8 Å². The number of sulfone groups is 1. The van der Waals surface area contributed by atoms with Crippen LogP contribution in [0.5, 0.6) is 0 Å². The Bertz CT molecular complexity index is 1060. The van der Waals surface area contributed by atoms with Gasteiger partial charge in [-0.2, -0.15) is 18.3 Å². The van der Waals surface area contributed by atoms with Gasteiger partial charge in [0.05, 0.1) is 22.8 Å². The van der Waals surface area contributed by atoms with Crippen molar-refractivity contribution in [2.75, 3.05) is 24.6 Å². The standard InChI is InChI=1S/C21H26F3N3O2S/c1-11(2)27-16(7-14(25-27)12(3)21(22,23)24)20-13-6-15(18(20)17(13)20)26-5-4-19(8-26)9-30(28,29)10-19/h7,11,13,15,17-18H,3-6,8-10H2,1-2H3/t13-,15+,17-,18?,20-/m1/s1. The number of halogens is 3. The van der Waals surface area contributed by atoms with Crippen LogP contribution in [-0.4, -0.2) is 59.9 Å². The van der Waals surface area contributed by atoms with E-state index in [-0.39, 0.29) is 22.6 Å². The molecule has 0 aromatic carbocycles. The Morgan fingerprint density at radius 1 is 1.30 bits per heavy atom. The van der Waals surface area contributed by atoms with Crippen molar-refractivity contribution in [2.45, 2.75) is 50.4 Å². The lowest BCUT2D eigenvalue weighted by atomic mass is 9.91.